The normalized spacial score (nSPS) is 38.2. The molecule has 0 radical (unpaired) electrons. The predicted octanol–water partition coefficient (Wildman–Crippen LogP) is 1.41. The van der Waals surface area contributed by atoms with Crippen LogP contribution in [0.4, 0.5) is 0 Å². The minimum Gasteiger partial charge on any atom is -0.372 e. The Morgan fingerprint density at radius 2 is 1.79 bits per heavy atom. The second kappa shape index (κ2) is 3.18. The summed E-state index contributed by atoms with van der Waals surface area (Å²) in [5.74, 6) is 0.102. The Morgan fingerprint density at radius 3 is 2.14 bits per heavy atom. The molecule has 1 saturated carbocycles. The monoisotopic (exact) mass is 222 g/mol. The minimum atomic E-state index is -4.37. The highest BCUT2D eigenvalue weighted by Gasteiger charge is 2.49. The van der Waals surface area contributed by atoms with Crippen LogP contribution in [0.1, 0.15) is 40.0 Å². The maximum absolute atomic E-state index is 11.0. The van der Waals surface area contributed by atoms with Gasteiger partial charge in [-0.15, -0.1) is 0 Å². The molecule has 0 aromatic heterocycles. The fraction of sp³-hybridized carbons (Fsp3) is 1.00. The van der Waals surface area contributed by atoms with Gasteiger partial charge in [0.15, 0.2) is 4.93 Å². The van der Waals surface area contributed by atoms with Crippen molar-refractivity contribution in [3.8, 4) is 0 Å². The van der Waals surface area contributed by atoms with E-state index in [0.717, 1.165) is 6.42 Å². The second-order valence-electron chi connectivity index (χ2n) is 5.28. The Labute approximate surface area is 85.1 Å². The zero-order valence-corrected chi connectivity index (χ0v) is 9.63. The van der Waals surface area contributed by atoms with E-state index in [-0.39, 0.29) is 24.2 Å². The summed E-state index contributed by atoms with van der Waals surface area (Å²) in [5, 5.41) is 9.88. The largest absolute Gasteiger partial charge is 0.372 e. The van der Waals surface area contributed by atoms with E-state index >= 15 is 0 Å². The Bertz CT molecular complexity index is 320. The molecule has 2 N–H and O–H groups in total. The lowest BCUT2D eigenvalue weighted by Gasteiger charge is -2.42. The highest BCUT2D eigenvalue weighted by molar-refractivity contribution is 7.87. The van der Waals surface area contributed by atoms with Crippen LogP contribution in [-0.2, 0) is 10.1 Å². The van der Waals surface area contributed by atoms with Crippen LogP contribution in [0.5, 0.6) is 0 Å². The van der Waals surface area contributed by atoms with E-state index in [9.17, 15) is 13.5 Å². The molecule has 1 rings (SSSR count). The average molecular weight is 222 g/mol. The van der Waals surface area contributed by atoms with E-state index in [1.165, 1.54) is 0 Å². The smallest absolute Gasteiger partial charge is 0.294 e. The Morgan fingerprint density at radius 1 is 1.29 bits per heavy atom. The molecular formula is C9H18O4S. The molecule has 0 aromatic rings. The molecule has 2 unspecified atom stereocenters. The van der Waals surface area contributed by atoms with E-state index in [0.29, 0.717) is 0 Å². The number of hydrogen-bond acceptors (Lipinski definition) is 3. The van der Waals surface area contributed by atoms with E-state index in [1.807, 2.05) is 20.8 Å². The van der Waals surface area contributed by atoms with E-state index in [4.69, 9.17) is 4.55 Å². The summed E-state index contributed by atoms with van der Waals surface area (Å²) in [6, 6.07) is 0. The van der Waals surface area contributed by atoms with Gasteiger partial charge < -0.3 is 5.11 Å². The molecule has 1 aliphatic carbocycles. The molecule has 0 aliphatic heterocycles. The van der Waals surface area contributed by atoms with Gasteiger partial charge >= 0.3 is 0 Å². The lowest BCUT2D eigenvalue weighted by Crippen LogP contribution is -2.47. The summed E-state index contributed by atoms with van der Waals surface area (Å²) in [4.78, 5) is -1.95. The van der Waals surface area contributed by atoms with Gasteiger partial charge in [-0.25, -0.2) is 0 Å². The average Bonchev–Trinajstić information content (AvgIpc) is 1.76. The van der Waals surface area contributed by atoms with E-state index < -0.39 is 15.1 Å². The Balaban J connectivity index is 3.02. The minimum absolute atomic E-state index is 0.100. The molecule has 0 saturated heterocycles. The summed E-state index contributed by atoms with van der Waals surface area (Å²) in [6.07, 6.45) is 1.09. The van der Waals surface area contributed by atoms with Crippen LogP contribution < -0.4 is 0 Å². The van der Waals surface area contributed by atoms with Gasteiger partial charge in [-0.1, -0.05) is 20.8 Å². The molecule has 5 heteroatoms. The first-order chi connectivity index (χ1) is 6.06. The summed E-state index contributed by atoms with van der Waals surface area (Å²) >= 11 is 0. The van der Waals surface area contributed by atoms with Crippen LogP contribution in [0.2, 0.25) is 0 Å². The molecule has 0 bridgehead atoms. The Kier molecular flexibility index (Phi) is 2.71. The van der Waals surface area contributed by atoms with Crippen molar-refractivity contribution >= 4 is 10.1 Å². The van der Waals surface area contributed by atoms with Crippen LogP contribution in [0.25, 0.3) is 0 Å². The highest BCUT2D eigenvalue weighted by Crippen LogP contribution is 2.45. The third-order valence-electron chi connectivity index (χ3n) is 2.80. The summed E-state index contributed by atoms with van der Waals surface area (Å²) in [5.41, 5.74) is -0.248. The lowest BCUT2D eigenvalue weighted by atomic mass is 9.71. The first kappa shape index (κ1) is 11.9. The van der Waals surface area contributed by atoms with Crippen LogP contribution in [0.3, 0.4) is 0 Å². The maximum Gasteiger partial charge on any atom is 0.294 e. The van der Waals surface area contributed by atoms with Gasteiger partial charge in [0.05, 0.1) is 0 Å². The fourth-order valence-corrected chi connectivity index (χ4v) is 3.72. The lowest BCUT2D eigenvalue weighted by molar-refractivity contribution is -0.00137. The highest BCUT2D eigenvalue weighted by atomic mass is 32.2. The van der Waals surface area contributed by atoms with Crippen LogP contribution in [-0.4, -0.2) is 23.0 Å². The molecule has 1 aliphatic rings. The number of aliphatic hydroxyl groups is 1. The van der Waals surface area contributed by atoms with Crippen LogP contribution in [0, 0.1) is 11.3 Å². The van der Waals surface area contributed by atoms with Gasteiger partial charge in [-0.3, -0.25) is 4.55 Å². The van der Waals surface area contributed by atoms with Crippen molar-refractivity contribution in [2.45, 2.75) is 45.0 Å². The van der Waals surface area contributed by atoms with Crippen molar-refractivity contribution in [2.24, 2.45) is 11.3 Å². The van der Waals surface area contributed by atoms with Gasteiger partial charge in [-0.2, -0.15) is 8.42 Å². The third kappa shape index (κ3) is 2.27. The molecule has 0 amide bonds. The topological polar surface area (TPSA) is 74.6 Å². The van der Waals surface area contributed by atoms with Crippen LogP contribution >= 0.6 is 0 Å². The Hall–Kier alpha value is -0.130. The first-order valence-electron chi connectivity index (χ1n) is 4.75. The SMILES string of the molecule is CC1CC(C)(C)CC(O)(S(=O)(=O)O)C1. The molecule has 1 fully saturated rings. The quantitative estimate of drug-likeness (QED) is 0.658. The van der Waals surface area contributed by atoms with Crippen molar-refractivity contribution < 1.29 is 18.1 Å². The molecule has 0 aromatic carbocycles. The summed E-state index contributed by atoms with van der Waals surface area (Å²) in [7, 11) is -4.37. The van der Waals surface area contributed by atoms with Gasteiger partial charge in [0.2, 0.25) is 0 Å². The fourth-order valence-electron chi connectivity index (χ4n) is 2.65. The second-order valence-corrected chi connectivity index (χ2v) is 6.99. The molecule has 84 valence electrons. The summed E-state index contributed by atoms with van der Waals surface area (Å²) in [6.45, 7) is 5.69. The molecule has 14 heavy (non-hydrogen) atoms. The molecular weight excluding hydrogens is 204 g/mol. The third-order valence-corrected chi connectivity index (χ3v) is 4.07. The molecule has 2 atom stereocenters. The molecule has 0 heterocycles. The predicted molar refractivity (Wildman–Crippen MR) is 53.3 cm³/mol. The van der Waals surface area contributed by atoms with Crippen molar-refractivity contribution in [1.82, 2.24) is 0 Å². The van der Waals surface area contributed by atoms with Gasteiger partial charge in [-0.05, 0) is 30.6 Å². The van der Waals surface area contributed by atoms with Crippen molar-refractivity contribution in [1.29, 1.82) is 0 Å². The maximum atomic E-state index is 11.0. The first-order valence-corrected chi connectivity index (χ1v) is 6.19. The van der Waals surface area contributed by atoms with Gasteiger partial charge in [0, 0.05) is 0 Å². The molecule has 4 nitrogen and oxygen atoms in total. The van der Waals surface area contributed by atoms with Gasteiger partial charge in [0.25, 0.3) is 10.1 Å². The summed E-state index contributed by atoms with van der Waals surface area (Å²) < 4.78 is 31.1. The number of rotatable bonds is 1. The van der Waals surface area contributed by atoms with Crippen molar-refractivity contribution in [3.63, 3.8) is 0 Å². The standard InChI is InChI=1S/C9H18O4S/c1-7-4-8(2,3)6-9(10,5-7)14(11,12)13/h7,10H,4-6H2,1-3H3,(H,11,12,13). The number of hydrogen-bond donors (Lipinski definition) is 2. The van der Waals surface area contributed by atoms with Crippen LogP contribution in [0.15, 0.2) is 0 Å². The van der Waals surface area contributed by atoms with E-state index in [1.54, 1.807) is 0 Å². The zero-order chi connectivity index (χ0) is 11.2. The van der Waals surface area contributed by atoms with Gasteiger partial charge in [0.1, 0.15) is 0 Å². The van der Waals surface area contributed by atoms with E-state index in [2.05, 4.69) is 0 Å². The van der Waals surface area contributed by atoms with Crippen molar-refractivity contribution in [3.05, 3.63) is 0 Å². The zero-order valence-electron chi connectivity index (χ0n) is 8.82. The molecule has 0 spiro atoms. The van der Waals surface area contributed by atoms with Crippen molar-refractivity contribution in [2.75, 3.05) is 0 Å².